The predicted molar refractivity (Wildman–Crippen MR) is 140 cm³/mol. The molecule has 0 spiro atoms. The van der Waals surface area contributed by atoms with Crippen LogP contribution < -0.4 is 0 Å². The Bertz CT molecular complexity index is 923. The van der Waals surface area contributed by atoms with Gasteiger partial charge in [-0.05, 0) is 91.8 Å². The standard InChI is InChI=1S/C31H49F3O3/c1-19(9-8-10-25(36)31(32,33)34)21-13-17-30(7)23-11-12-24-27(3,4)26(37-20(2)35)15-16-28(24,5)22(23)14-18-29(21,30)6/h19,21,24-26,36H,8-18H2,1-7H3/t19-,21-,24+,25?,26+,28-,29-,30+/m1/s1. The Morgan fingerprint density at radius 1 is 1.00 bits per heavy atom. The number of aliphatic hydroxyl groups is 1. The van der Waals surface area contributed by atoms with Crippen molar-refractivity contribution in [3.8, 4) is 0 Å². The van der Waals surface area contributed by atoms with Crippen LogP contribution in [0.3, 0.4) is 0 Å². The van der Waals surface area contributed by atoms with Gasteiger partial charge in [0.25, 0.3) is 0 Å². The third kappa shape index (κ3) is 4.59. The molecule has 1 unspecified atom stereocenters. The highest BCUT2D eigenvalue weighted by atomic mass is 19.4. The molecular weight excluding hydrogens is 477 g/mol. The van der Waals surface area contributed by atoms with E-state index in [1.165, 1.54) is 6.92 Å². The van der Waals surface area contributed by atoms with Gasteiger partial charge in [-0.1, -0.05) is 65.5 Å². The van der Waals surface area contributed by atoms with E-state index in [2.05, 4.69) is 41.5 Å². The summed E-state index contributed by atoms with van der Waals surface area (Å²) in [7, 11) is 0. The number of fused-ring (bicyclic) bond motifs is 4. The number of rotatable bonds is 6. The molecule has 3 nitrogen and oxygen atoms in total. The van der Waals surface area contributed by atoms with Crippen LogP contribution >= 0.6 is 0 Å². The molecule has 1 N–H and O–H groups in total. The van der Waals surface area contributed by atoms with Gasteiger partial charge in [0.15, 0.2) is 0 Å². The summed E-state index contributed by atoms with van der Waals surface area (Å²) in [4.78, 5) is 11.8. The molecule has 0 amide bonds. The average molecular weight is 527 g/mol. The lowest BCUT2D eigenvalue weighted by Gasteiger charge is -2.62. The maximum atomic E-state index is 12.8. The van der Waals surface area contributed by atoms with Crippen molar-refractivity contribution in [1.29, 1.82) is 0 Å². The Morgan fingerprint density at radius 2 is 1.68 bits per heavy atom. The normalized spacial score (nSPS) is 40.9. The van der Waals surface area contributed by atoms with Crippen molar-refractivity contribution in [3.05, 3.63) is 11.1 Å². The van der Waals surface area contributed by atoms with Crippen molar-refractivity contribution in [2.24, 2.45) is 39.4 Å². The topological polar surface area (TPSA) is 46.5 Å². The van der Waals surface area contributed by atoms with Gasteiger partial charge in [0, 0.05) is 12.3 Å². The molecule has 2 saturated carbocycles. The lowest BCUT2D eigenvalue weighted by molar-refractivity contribution is -0.205. The number of carbonyl (C=O) groups excluding carboxylic acids is 1. The smallest absolute Gasteiger partial charge is 0.414 e. The first-order valence-electron chi connectivity index (χ1n) is 14.6. The van der Waals surface area contributed by atoms with Gasteiger partial charge in [-0.25, -0.2) is 0 Å². The van der Waals surface area contributed by atoms with Crippen molar-refractivity contribution >= 4 is 5.97 Å². The Labute approximate surface area is 222 Å². The van der Waals surface area contributed by atoms with Crippen molar-refractivity contribution in [2.45, 2.75) is 137 Å². The molecule has 0 aromatic heterocycles. The zero-order valence-corrected chi connectivity index (χ0v) is 24.1. The number of alkyl halides is 3. The fraction of sp³-hybridized carbons (Fsp3) is 0.903. The molecule has 2 fully saturated rings. The van der Waals surface area contributed by atoms with E-state index in [-0.39, 0.29) is 40.2 Å². The minimum atomic E-state index is -4.52. The largest absolute Gasteiger partial charge is 0.462 e. The number of carbonyl (C=O) groups is 1. The molecule has 8 atom stereocenters. The van der Waals surface area contributed by atoms with Crippen LogP contribution in [-0.2, 0) is 9.53 Å². The van der Waals surface area contributed by atoms with Crippen LogP contribution in [0.1, 0.15) is 119 Å². The zero-order chi connectivity index (χ0) is 27.6. The molecule has 0 heterocycles. The van der Waals surface area contributed by atoms with Gasteiger partial charge in [0.05, 0.1) is 0 Å². The first kappa shape index (κ1) is 29.0. The van der Waals surface area contributed by atoms with Crippen molar-refractivity contribution in [1.82, 2.24) is 0 Å². The first-order valence-corrected chi connectivity index (χ1v) is 14.6. The lowest BCUT2D eigenvalue weighted by Crippen LogP contribution is -2.55. The van der Waals surface area contributed by atoms with Crippen LogP contribution in [0.2, 0.25) is 0 Å². The maximum Gasteiger partial charge on any atom is 0.414 e. The molecule has 0 aromatic carbocycles. The minimum Gasteiger partial charge on any atom is -0.462 e. The first-order chi connectivity index (χ1) is 17.0. The second-order valence-corrected chi connectivity index (χ2v) is 14.3. The Kier molecular flexibility index (Phi) is 7.48. The molecule has 0 bridgehead atoms. The highest BCUT2D eigenvalue weighted by Gasteiger charge is 2.63. The molecule has 0 aliphatic heterocycles. The van der Waals surface area contributed by atoms with Crippen molar-refractivity contribution in [3.63, 3.8) is 0 Å². The van der Waals surface area contributed by atoms with Crippen LogP contribution in [0.5, 0.6) is 0 Å². The fourth-order valence-electron chi connectivity index (χ4n) is 10.0. The van der Waals surface area contributed by atoms with Crippen LogP contribution in [0, 0.1) is 39.4 Å². The van der Waals surface area contributed by atoms with E-state index < -0.39 is 12.3 Å². The second-order valence-electron chi connectivity index (χ2n) is 14.3. The average Bonchev–Trinajstić information content (AvgIpc) is 3.06. The van der Waals surface area contributed by atoms with Gasteiger partial charge < -0.3 is 9.84 Å². The van der Waals surface area contributed by atoms with Gasteiger partial charge >= 0.3 is 12.1 Å². The minimum absolute atomic E-state index is 0.0257. The van der Waals surface area contributed by atoms with Gasteiger partial charge in [0.2, 0.25) is 0 Å². The van der Waals surface area contributed by atoms with Crippen molar-refractivity contribution in [2.75, 3.05) is 0 Å². The molecule has 0 radical (unpaired) electrons. The number of halogens is 3. The lowest BCUT2D eigenvalue weighted by atomic mass is 9.43. The molecule has 4 aliphatic carbocycles. The highest BCUT2D eigenvalue weighted by Crippen LogP contribution is 2.72. The Morgan fingerprint density at radius 3 is 2.30 bits per heavy atom. The molecule has 4 rings (SSSR count). The summed E-state index contributed by atoms with van der Waals surface area (Å²) < 4.78 is 44.1. The van der Waals surface area contributed by atoms with E-state index in [4.69, 9.17) is 4.74 Å². The number of hydrogen-bond donors (Lipinski definition) is 1. The Balaban J connectivity index is 1.55. The summed E-state index contributed by atoms with van der Waals surface area (Å²) in [6, 6.07) is 0. The summed E-state index contributed by atoms with van der Waals surface area (Å²) in [5.41, 5.74) is 3.73. The van der Waals surface area contributed by atoms with Crippen LogP contribution in [0.25, 0.3) is 0 Å². The number of esters is 1. The van der Waals surface area contributed by atoms with Crippen LogP contribution in [-0.4, -0.2) is 29.5 Å². The monoisotopic (exact) mass is 526 g/mol. The van der Waals surface area contributed by atoms with Gasteiger partial charge in [-0.3, -0.25) is 4.79 Å². The number of hydrogen-bond acceptors (Lipinski definition) is 3. The SMILES string of the molecule is CC(=O)O[C@H]1CC[C@]2(C)C3=C(CC[C@H]2C1(C)C)[C@]1(C)CC[C@H]([C@H](C)CCCC(O)C(F)(F)F)[C@@]1(C)CC3. The fourth-order valence-corrected chi connectivity index (χ4v) is 10.0. The molecule has 6 heteroatoms. The summed E-state index contributed by atoms with van der Waals surface area (Å²) in [5, 5.41) is 9.43. The number of aliphatic hydroxyl groups excluding tert-OH is 1. The van der Waals surface area contributed by atoms with Gasteiger partial charge in [0.1, 0.15) is 12.2 Å². The summed E-state index contributed by atoms with van der Waals surface area (Å²) in [5.74, 6) is 1.15. The molecule has 0 saturated heterocycles. The van der Waals surface area contributed by atoms with Crippen LogP contribution in [0.15, 0.2) is 11.1 Å². The summed E-state index contributed by atoms with van der Waals surface area (Å²) in [6.45, 7) is 15.8. The summed E-state index contributed by atoms with van der Waals surface area (Å²) >= 11 is 0. The molecule has 37 heavy (non-hydrogen) atoms. The third-order valence-corrected chi connectivity index (χ3v) is 12.3. The van der Waals surface area contributed by atoms with E-state index >= 15 is 0 Å². The Hall–Kier alpha value is -1.04. The maximum absolute atomic E-state index is 12.8. The number of ether oxygens (including phenoxy) is 1. The molecule has 0 aromatic rings. The molecule has 212 valence electrons. The third-order valence-electron chi connectivity index (χ3n) is 12.3. The molecule has 4 aliphatic rings. The second kappa shape index (κ2) is 9.55. The van der Waals surface area contributed by atoms with Gasteiger partial charge in [-0.15, -0.1) is 0 Å². The zero-order valence-electron chi connectivity index (χ0n) is 24.1. The van der Waals surface area contributed by atoms with Crippen LogP contribution in [0.4, 0.5) is 13.2 Å². The number of allylic oxidation sites excluding steroid dienone is 2. The van der Waals surface area contributed by atoms with Gasteiger partial charge in [-0.2, -0.15) is 13.2 Å². The van der Waals surface area contributed by atoms with E-state index in [1.807, 2.05) is 0 Å². The van der Waals surface area contributed by atoms with E-state index in [0.29, 0.717) is 24.2 Å². The van der Waals surface area contributed by atoms with E-state index in [9.17, 15) is 23.1 Å². The van der Waals surface area contributed by atoms with E-state index in [0.717, 1.165) is 57.8 Å². The summed E-state index contributed by atoms with van der Waals surface area (Å²) in [6.07, 6.45) is 2.94. The van der Waals surface area contributed by atoms with Crippen molar-refractivity contribution < 1.29 is 27.8 Å². The highest BCUT2D eigenvalue weighted by molar-refractivity contribution is 5.66. The predicted octanol–water partition coefficient (Wildman–Crippen LogP) is 8.40. The van der Waals surface area contributed by atoms with E-state index in [1.54, 1.807) is 11.1 Å². The quantitative estimate of drug-likeness (QED) is 0.279. The molecular formula is C31H49F3O3.